The van der Waals surface area contributed by atoms with E-state index in [1.807, 2.05) is 12.1 Å². The van der Waals surface area contributed by atoms with Crippen LogP contribution in [-0.2, 0) is 12.7 Å². The average Bonchev–Trinajstić information content (AvgIpc) is 2.38. The van der Waals surface area contributed by atoms with Crippen LogP contribution in [0.2, 0.25) is 0 Å². The molecule has 2 aromatic rings. The first kappa shape index (κ1) is 12.6. The molecule has 18 heavy (non-hydrogen) atoms. The van der Waals surface area contributed by atoms with E-state index in [2.05, 4.69) is 4.98 Å². The van der Waals surface area contributed by atoms with Crippen LogP contribution in [0, 0.1) is 0 Å². The quantitative estimate of drug-likeness (QED) is 0.891. The highest BCUT2D eigenvalue weighted by Gasteiger charge is 2.30. The Kier molecular flexibility index (Phi) is 3.34. The minimum atomic E-state index is -4.35. The number of alkyl halides is 3. The highest BCUT2D eigenvalue weighted by atomic mass is 19.4. The van der Waals surface area contributed by atoms with Crippen molar-refractivity contribution in [1.82, 2.24) is 4.98 Å². The van der Waals surface area contributed by atoms with Crippen molar-refractivity contribution in [3.63, 3.8) is 0 Å². The number of nitrogens with zero attached hydrogens (tertiary/aromatic N) is 1. The Morgan fingerprint density at radius 2 is 1.67 bits per heavy atom. The molecule has 1 aromatic heterocycles. The Morgan fingerprint density at radius 1 is 1.00 bits per heavy atom. The first-order valence-electron chi connectivity index (χ1n) is 5.33. The smallest absolute Gasteiger partial charge is 0.326 e. The summed E-state index contributed by atoms with van der Waals surface area (Å²) in [5.74, 6) is 0. The van der Waals surface area contributed by atoms with Gasteiger partial charge in [0.15, 0.2) is 0 Å². The van der Waals surface area contributed by atoms with Crippen molar-refractivity contribution in [3.05, 3.63) is 53.7 Å². The molecule has 0 aliphatic carbocycles. The molecule has 0 unspecified atom stereocenters. The normalized spacial score (nSPS) is 11.6. The zero-order chi connectivity index (χ0) is 13.2. The minimum absolute atomic E-state index is 0.431. The van der Waals surface area contributed by atoms with Crippen LogP contribution in [0.1, 0.15) is 11.1 Å². The van der Waals surface area contributed by atoms with E-state index in [-0.39, 0.29) is 0 Å². The number of pyridine rings is 1. The van der Waals surface area contributed by atoms with Gasteiger partial charge in [0.05, 0.1) is 11.3 Å². The first-order chi connectivity index (χ1) is 8.50. The van der Waals surface area contributed by atoms with Crippen LogP contribution >= 0.6 is 0 Å². The Balaban J connectivity index is 2.28. The zero-order valence-electron chi connectivity index (χ0n) is 9.41. The van der Waals surface area contributed by atoms with Gasteiger partial charge in [0.2, 0.25) is 0 Å². The lowest BCUT2D eigenvalue weighted by molar-refractivity contribution is -0.137. The Bertz CT molecular complexity index is 515. The van der Waals surface area contributed by atoms with Crippen LogP contribution in [0.4, 0.5) is 13.2 Å². The zero-order valence-corrected chi connectivity index (χ0v) is 9.41. The third-order valence-corrected chi connectivity index (χ3v) is 2.58. The van der Waals surface area contributed by atoms with Gasteiger partial charge in [-0.25, -0.2) is 0 Å². The highest BCUT2D eigenvalue weighted by molar-refractivity contribution is 5.59. The van der Waals surface area contributed by atoms with E-state index in [4.69, 9.17) is 5.73 Å². The number of rotatable bonds is 2. The number of nitrogens with two attached hydrogens (primary N) is 1. The van der Waals surface area contributed by atoms with E-state index in [0.717, 1.165) is 23.4 Å². The van der Waals surface area contributed by atoms with Crippen molar-refractivity contribution in [3.8, 4) is 11.3 Å². The van der Waals surface area contributed by atoms with Gasteiger partial charge in [-0.3, -0.25) is 4.98 Å². The number of hydrogen-bond donors (Lipinski definition) is 1. The summed E-state index contributed by atoms with van der Waals surface area (Å²) in [6.07, 6.45) is -3.51. The second-order valence-corrected chi connectivity index (χ2v) is 3.83. The van der Waals surface area contributed by atoms with Crippen LogP contribution in [0.15, 0.2) is 42.6 Å². The van der Waals surface area contributed by atoms with E-state index in [0.29, 0.717) is 12.2 Å². The van der Waals surface area contributed by atoms with Crippen LogP contribution < -0.4 is 5.73 Å². The lowest BCUT2D eigenvalue weighted by Gasteiger charge is -2.07. The van der Waals surface area contributed by atoms with Gasteiger partial charge in [0, 0.05) is 18.3 Å². The van der Waals surface area contributed by atoms with Gasteiger partial charge in [0.25, 0.3) is 0 Å². The Morgan fingerprint density at radius 3 is 2.11 bits per heavy atom. The summed E-state index contributed by atoms with van der Waals surface area (Å²) in [4.78, 5) is 3.82. The molecular formula is C13H11F3N2. The predicted molar refractivity (Wildman–Crippen MR) is 62.6 cm³/mol. The van der Waals surface area contributed by atoms with Crippen molar-refractivity contribution in [2.75, 3.05) is 0 Å². The highest BCUT2D eigenvalue weighted by Crippen LogP contribution is 2.29. The molecule has 5 heteroatoms. The molecule has 0 fully saturated rings. The number of benzene rings is 1. The molecule has 2 rings (SSSR count). The van der Waals surface area contributed by atoms with Crippen LogP contribution in [0.25, 0.3) is 11.3 Å². The van der Waals surface area contributed by atoms with E-state index in [1.54, 1.807) is 12.1 Å². The Hall–Kier alpha value is -1.88. The number of hydrogen-bond acceptors (Lipinski definition) is 2. The average molecular weight is 252 g/mol. The molecule has 0 aliphatic heterocycles. The second kappa shape index (κ2) is 4.78. The molecule has 1 aromatic carbocycles. The fraction of sp³-hybridized carbons (Fsp3) is 0.154. The van der Waals surface area contributed by atoms with Crippen molar-refractivity contribution in [1.29, 1.82) is 0 Å². The summed E-state index contributed by atoms with van der Waals surface area (Å²) >= 11 is 0. The van der Waals surface area contributed by atoms with Gasteiger partial charge in [-0.15, -0.1) is 0 Å². The fourth-order valence-electron chi connectivity index (χ4n) is 1.54. The standard InChI is InChI=1S/C13H11F3N2/c14-13(15,16)11-5-6-12(18-8-11)10-3-1-9(7-17)2-4-10/h1-6,8H,7,17H2. The molecule has 2 nitrogen and oxygen atoms in total. The first-order valence-corrected chi connectivity index (χ1v) is 5.33. The molecule has 1 heterocycles. The fourth-order valence-corrected chi connectivity index (χ4v) is 1.54. The van der Waals surface area contributed by atoms with E-state index >= 15 is 0 Å². The molecule has 2 N–H and O–H groups in total. The molecular weight excluding hydrogens is 241 g/mol. The van der Waals surface area contributed by atoms with Crippen LogP contribution in [0.3, 0.4) is 0 Å². The second-order valence-electron chi connectivity index (χ2n) is 3.83. The Labute approximate surface area is 102 Å². The minimum Gasteiger partial charge on any atom is -0.326 e. The van der Waals surface area contributed by atoms with Crippen molar-refractivity contribution in [2.45, 2.75) is 12.7 Å². The molecule has 0 atom stereocenters. The molecule has 0 saturated carbocycles. The van der Waals surface area contributed by atoms with Gasteiger partial charge < -0.3 is 5.73 Å². The van der Waals surface area contributed by atoms with Gasteiger partial charge in [0.1, 0.15) is 0 Å². The molecule has 0 saturated heterocycles. The molecule has 0 spiro atoms. The summed E-state index contributed by atoms with van der Waals surface area (Å²) < 4.78 is 37.1. The monoisotopic (exact) mass is 252 g/mol. The van der Waals surface area contributed by atoms with Gasteiger partial charge in [-0.1, -0.05) is 24.3 Å². The van der Waals surface area contributed by atoms with Crippen molar-refractivity contribution in [2.24, 2.45) is 5.73 Å². The molecule has 94 valence electrons. The van der Waals surface area contributed by atoms with Crippen molar-refractivity contribution >= 4 is 0 Å². The maximum atomic E-state index is 12.4. The van der Waals surface area contributed by atoms with E-state index in [9.17, 15) is 13.2 Å². The van der Waals surface area contributed by atoms with Crippen molar-refractivity contribution < 1.29 is 13.2 Å². The van der Waals surface area contributed by atoms with Gasteiger partial charge in [-0.2, -0.15) is 13.2 Å². The summed E-state index contributed by atoms with van der Waals surface area (Å²) in [7, 11) is 0. The van der Waals surface area contributed by atoms with Crippen LogP contribution in [0.5, 0.6) is 0 Å². The number of halogens is 3. The van der Waals surface area contributed by atoms with Crippen LogP contribution in [-0.4, -0.2) is 4.98 Å². The summed E-state index contributed by atoms with van der Waals surface area (Å²) in [6.45, 7) is 0.431. The van der Waals surface area contributed by atoms with Gasteiger partial charge in [-0.05, 0) is 17.7 Å². The maximum absolute atomic E-state index is 12.4. The molecule has 0 bridgehead atoms. The van der Waals surface area contributed by atoms with Gasteiger partial charge >= 0.3 is 6.18 Å². The topological polar surface area (TPSA) is 38.9 Å². The summed E-state index contributed by atoms with van der Waals surface area (Å²) in [6, 6.07) is 9.62. The summed E-state index contributed by atoms with van der Waals surface area (Å²) in [5.41, 5.74) is 6.95. The van der Waals surface area contributed by atoms with E-state index in [1.165, 1.54) is 6.07 Å². The lowest BCUT2D eigenvalue weighted by atomic mass is 10.1. The molecule has 0 amide bonds. The number of aromatic nitrogens is 1. The van der Waals surface area contributed by atoms with E-state index < -0.39 is 11.7 Å². The SMILES string of the molecule is NCc1ccc(-c2ccc(C(F)(F)F)cn2)cc1. The largest absolute Gasteiger partial charge is 0.417 e. The third kappa shape index (κ3) is 2.68. The molecule has 0 aliphatic rings. The third-order valence-electron chi connectivity index (χ3n) is 2.58. The lowest BCUT2D eigenvalue weighted by Crippen LogP contribution is -2.05. The predicted octanol–water partition coefficient (Wildman–Crippen LogP) is 3.23. The molecule has 0 radical (unpaired) electrons. The maximum Gasteiger partial charge on any atom is 0.417 e. The summed E-state index contributed by atoms with van der Waals surface area (Å²) in [5, 5.41) is 0.